The van der Waals surface area contributed by atoms with Crippen LogP contribution >= 0.6 is 0 Å². The van der Waals surface area contributed by atoms with Crippen molar-refractivity contribution in [2.45, 2.75) is 20.3 Å². The second-order valence-electron chi connectivity index (χ2n) is 4.51. The Labute approximate surface area is 90.9 Å². The highest BCUT2D eigenvalue weighted by Crippen LogP contribution is 2.18. The van der Waals surface area contributed by atoms with Gasteiger partial charge in [-0.25, -0.2) is 0 Å². The van der Waals surface area contributed by atoms with Crippen LogP contribution in [0.2, 0.25) is 0 Å². The maximum atomic E-state index is 12.1. The van der Waals surface area contributed by atoms with Gasteiger partial charge in [0.1, 0.15) is 0 Å². The van der Waals surface area contributed by atoms with Crippen molar-refractivity contribution < 1.29 is 4.79 Å². The quantitative estimate of drug-likeness (QED) is 0.686. The summed E-state index contributed by atoms with van der Waals surface area (Å²) in [5.74, 6) is 0.835. The van der Waals surface area contributed by atoms with Gasteiger partial charge in [-0.15, -0.1) is 0 Å². The topological polar surface area (TPSA) is 20.3 Å². The van der Waals surface area contributed by atoms with E-state index in [1.165, 1.54) is 0 Å². The highest BCUT2D eigenvalue weighted by atomic mass is 16.2. The molecular weight excluding hydrogens is 186 g/mol. The third kappa shape index (κ3) is 2.20. The van der Waals surface area contributed by atoms with Gasteiger partial charge < -0.3 is 4.90 Å². The minimum absolute atomic E-state index is 0.183. The van der Waals surface area contributed by atoms with Crippen LogP contribution in [-0.2, 0) is 0 Å². The monoisotopic (exact) mass is 203 g/mol. The largest absolute Gasteiger partial charge is 0.338 e. The molecule has 2 nitrogen and oxygen atoms in total. The fourth-order valence-corrected chi connectivity index (χ4v) is 2.08. The lowest BCUT2D eigenvalue weighted by atomic mass is 10.1. The Morgan fingerprint density at radius 1 is 1.47 bits per heavy atom. The first-order valence-corrected chi connectivity index (χ1v) is 5.53. The second-order valence-corrected chi connectivity index (χ2v) is 4.51. The number of rotatable bonds is 1. The van der Waals surface area contributed by atoms with Crippen molar-refractivity contribution in [3.63, 3.8) is 0 Å². The summed E-state index contributed by atoms with van der Waals surface area (Å²) in [6, 6.07) is 7.83. The van der Waals surface area contributed by atoms with Gasteiger partial charge in [-0.3, -0.25) is 4.79 Å². The standard InChI is InChI=1S/C13H17NO/c1-10-4-3-5-12(8-10)13(15)14-7-6-11(2)9-14/h3-5,8,11H,6-7,9H2,1-2H3. The summed E-state index contributed by atoms with van der Waals surface area (Å²) in [4.78, 5) is 14.0. The van der Waals surface area contributed by atoms with Crippen molar-refractivity contribution in [3.8, 4) is 0 Å². The Kier molecular flexibility index (Phi) is 2.76. The van der Waals surface area contributed by atoms with E-state index in [0.29, 0.717) is 5.92 Å². The van der Waals surface area contributed by atoms with Gasteiger partial charge in [0.05, 0.1) is 0 Å². The van der Waals surface area contributed by atoms with Crippen LogP contribution in [0.1, 0.15) is 29.3 Å². The van der Waals surface area contributed by atoms with Crippen LogP contribution in [0.4, 0.5) is 0 Å². The number of hydrogen-bond donors (Lipinski definition) is 0. The molecule has 1 unspecified atom stereocenters. The maximum absolute atomic E-state index is 12.1. The van der Waals surface area contributed by atoms with Crippen molar-refractivity contribution in [3.05, 3.63) is 35.4 Å². The van der Waals surface area contributed by atoms with Crippen LogP contribution < -0.4 is 0 Å². The molecule has 1 aromatic rings. The fraction of sp³-hybridized carbons (Fsp3) is 0.462. The molecule has 0 saturated carbocycles. The predicted octanol–water partition coefficient (Wildman–Crippen LogP) is 2.48. The van der Waals surface area contributed by atoms with Crippen LogP contribution in [0.5, 0.6) is 0 Å². The summed E-state index contributed by atoms with van der Waals surface area (Å²) in [7, 11) is 0. The van der Waals surface area contributed by atoms with Gasteiger partial charge in [-0.1, -0.05) is 24.6 Å². The van der Waals surface area contributed by atoms with Crippen LogP contribution in [0, 0.1) is 12.8 Å². The highest BCUT2D eigenvalue weighted by Gasteiger charge is 2.23. The molecule has 1 amide bonds. The first-order valence-electron chi connectivity index (χ1n) is 5.53. The van der Waals surface area contributed by atoms with Gasteiger partial charge in [0.15, 0.2) is 0 Å². The van der Waals surface area contributed by atoms with E-state index in [2.05, 4.69) is 6.92 Å². The Morgan fingerprint density at radius 3 is 2.87 bits per heavy atom. The molecule has 0 aliphatic carbocycles. The number of carbonyl (C=O) groups is 1. The molecule has 80 valence electrons. The van der Waals surface area contributed by atoms with Crippen LogP contribution in [-0.4, -0.2) is 23.9 Å². The van der Waals surface area contributed by atoms with E-state index >= 15 is 0 Å². The van der Waals surface area contributed by atoms with Gasteiger partial charge in [-0.2, -0.15) is 0 Å². The van der Waals surface area contributed by atoms with Gasteiger partial charge in [0.2, 0.25) is 0 Å². The fourth-order valence-electron chi connectivity index (χ4n) is 2.08. The summed E-state index contributed by atoms with van der Waals surface area (Å²) in [5.41, 5.74) is 1.97. The Hall–Kier alpha value is -1.31. The number of aryl methyl sites for hydroxylation is 1. The summed E-state index contributed by atoms with van der Waals surface area (Å²) in [6.45, 7) is 6.04. The molecule has 15 heavy (non-hydrogen) atoms. The average molecular weight is 203 g/mol. The molecule has 1 heterocycles. The molecule has 1 aliphatic heterocycles. The van der Waals surface area contributed by atoms with E-state index < -0.39 is 0 Å². The lowest BCUT2D eigenvalue weighted by molar-refractivity contribution is 0.0788. The smallest absolute Gasteiger partial charge is 0.253 e. The molecule has 1 atom stereocenters. The van der Waals surface area contributed by atoms with Crippen molar-refractivity contribution >= 4 is 5.91 Å². The van der Waals surface area contributed by atoms with Crippen molar-refractivity contribution in [1.29, 1.82) is 0 Å². The van der Waals surface area contributed by atoms with E-state index in [1.54, 1.807) is 0 Å². The second kappa shape index (κ2) is 4.05. The van der Waals surface area contributed by atoms with Gasteiger partial charge in [0, 0.05) is 18.7 Å². The van der Waals surface area contributed by atoms with Crippen LogP contribution in [0.15, 0.2) is 24.3 Å². The normalized spacial score (nSPS) is 20.7. The molecule has 0 radical (unpaired) electrons. The minimum atomic E-state index is 0.183. The van der Waals surface area contributed by atoms with E-state index in [9.17, 15) is 4.79 Å². The van der Waals surface area contributed by atoms with E-state index in [-0.39, 0.29) is 5.91 Å². The van der Waals surface area contributed by atoms with Crippen LogP contribution in [0.25, 0.3) is 0 Å². The Balaban J connectivity index is 2.14. The van der Waals surface area contributed by atoms with Gasteiger partial charge >= 0.3 is 0 Å². The highest BCUT2D eigenvalue weighted by molar-refractivity contribution is 5.94. The van der Waals surface area contributed by atoms with Crippen LogP contribution in [0.3, 0.4) is 0 Å². The number of amides is 1. The van der Waals surface area contributed by atoms with Gasteiger partial charge in [-0.05, 0) is 31.4 Å². The lowest BCUT2D eigenvalue weighted by Gasteiger charge is -2.15. The van der Waals surface area contributed by atoms with E-state index in [1.807, 2.05) is 36.1 Å². The molecule has 1 aliphatic rings. The molecule has 0 bridgehead atoms. The molecule has 0 spiro atoms. The first-order chi connectivity index (χ1) is 7.16. The zero-order chi connectivity index (χ0) is 10.8. The summed E-state index contributed by atoms with van der Waals surface area (Å²) < 4.78 is 0. The van der Waals surface area contributed by atoms with Crippen molar-refractivity contribution in [2.75, 3.05) is 13.1 Å². The van der Waals surface area contributed by atoms with Crippen molar-refractivity contribution in [2.24, 2.45) is 5.92 Å². The maximum Gasteiger partial charge on any atom is 0.253 e. The first kappa shape index (κ1) is 10.2. The van der Waals surface area contributed by atoms with E-state index in [4.69, 9.17) is 0 Å². The lowest BCUT2D eigenvalue weighted by Crippen LogP contribution is -2.28. The molecular formula is C13H17NO. The zero-order valence-electron chi connectivity index (χ0n) is 9.36. The molecule has 2 heteroatoms. The van der Waals surface area contributed by atoms with E-state index in [0.717, 1.165) is 30.6 Å². The molecule has 0 N–H and O–H groups in total. The number of carbonyl (C=O) groups excluding carboxylic acids is 1. The Morgan fingerprint density at radius 2 is 2.27 bits per heavy atom. The number of benzene rings is 1. The predicted molar refractivity (Wildman–Crippen MR) is 60.9 cm³/mol. The third-order valence-corrected chi connectivity index (χ3v) is 2.98. The third-order valence-electron chi connectivity index (χ3n) is 2.98. The summed E-state index contributed by atoms with van der Waals surface area (Å²) in [6.07, 6.45) is 1.14. The minimum Gasteiger partial charge on any atom is -0.338 e. The molecule has 2 rings (SSSR count). The zero-order valence-corrected chi connectivity index (χ0v) is 9.36. The number of likely N-dealkylation sites (tertiary alicyclic amines) is 1. The number of hydrogen-bond acceptors (Lipinski definition) is 1. The van der Waals surface area contributed by atoms with Gasteiger partial charge in [0.25, 0.3) is 5.91 Å². The number of nitrogens with zero attached hydrogens (tertiary/aromatic N) is 1. The molecule has 1 saturated heterocycles. The summed E-state index contributed by atoms with van der Waals surface area (Å²) in [5, 5.41) is 0. The average Bonchev–Trinajstić information content (AvgIpc) is 2.64. The SMILES string of the molecule is Cc1cccc(C(=O)N2CCC(C)C2)c1. The summed E-state index contributed by atoms with van der Waals surface area (Å²) >= 11 is 0. The Bertz CT molecular complexity index is 373. The molecule has 0 aromatic heterocycles. The molecule has 1 aromatic carbocycles. The van der Waals surface area contributed by atoms with Crippen molar-refractivity contribution in [1.82, 2.24) is 4.90 Å². The molecule has 1 fully saturated rings.